The molecule has 0 N–H and O–H groups in total. The van der Waals surface area contributed by atoms with Crippen LogP contribution >= 0.6 is 11.8 Å². The normalized spacial score (nSPS) is 15.9. The minimum Gasteiger partial charge on any atom is -0.451 e. The number of hydrogen-bond donors (Lipinski definition) is 0. The van der Waals surface area contributed by atoms with Gasteiger partial charge in [-0.05, 0) is 23.3 Å². The number of thioether (sulfide) groups is 1. The van der Waals surface area contributed by atoms with E-state index in [2.05, 4.69) is 4.74 Å². The standard InChI is InChI=1S/C28H22F2N2O7S/c1-36-28(35)39-14-38-27-21(33)8-10-31-25(27)26(34)17-12-37-11-9-20(17)32(31)24-15-6-7-19(29)23(30)18(15)13-40-22-5-3-2-4-16(22)24/h2-8,10,24H,9,11-14H2,1H3/t24-/m0/s1. The summed E-state index contributed by atoms with van der Waals surface area (Å²) in [6.07, 6.45) is 0.782. The average molecular weight is 569 g/mol. The van der Waals surface area contributed by atoms with Crippen molar-refractivity contribution >= 4 is 23.4 Å². The Morgan fingerprint density at radius 3 is 2.75 bits per heavy atom. The Morgan fingerprint density at radius 2 is 1.93 bits per heavy atom. The Bertz CT molecular complexity index is 1790. The highest BCUT2D eigenvalue weighted by molar-refractivity contribution is 7.98. The third kappa shape index (κ3) is 4.23. The molecule has 2 aliphatic rings. The Morgan fingerprint density at radius 1 is 1.10 bits per heavy atom. The molecule has 4 aromatic rings. The van der Waals surface area contributed by atoms with Gasteiger partial charge in [0.1, 0.15) is 6.04 Å². The number of pyridine rings is 1. The summed E-state index contributed by atoms with van der Waals surface area (Å²) in [6.45, 7) is -0.354. The molecule has 12 heteroatoms. The molecule has 0 fully saturated rings. The van der Waals surface area contributed by atoms with E-state index in [0.29, 0.717) is 29.8 Å². The molecule has 4 heterocycles. The van der Waals surface area contributed by atoms with Crippen molar-refractivity contribution in [1.82, 2.24) is 9.20 Å². The summed E-state index contributed by atoms with van der Waals surface area (Å²) < 4.78 is 53.4. The molecule has 0 unspecified atom stereocenters. The second kappa shape index (κ2) is 10.4. The molecule has 0 radical (unpaired) electrons. The van der Waals surface area contributed by atoms with Gasteiger partial charge in [0, 0.05) is 46.2 Å². The van der Waals surface area contributed by atoms with Crippen LogP contribution in [0.15, 0.2) is 63.1 Å². The number of carbonyl (C=O) groups excluding carboxylic acids is 1. The number of nitrogens with zero attached hydrogens (tertiary/aromatic N) is 2. The number of rotatable bonds is 4. The van der Waals surface area contributed by atoms with Gasteiger partial charge in [0.25, 0.3) is 0 Å². The van der Waals surface area contributed by atoms with Crippen LogP contribution in [0.3, 0.4) is 0 Å². The molecule has 0 spiro atoms. The van der Waals surface area contributed by atoms with E-state index in [4.69, 9.17) is 14.2 Å². The van der Waals surface area contributed by atoms with Crippen molar-refractivity contribution < 1.29 is 32.5 Å². The van der Waals surface area contributed by atoms with E-state index in [9.17, 15) is 18.8 Å². The number of carbonyl (C=O) groups is 1. The van der Waals surface area contributed by atoms with Crippen LogP contribution in [0.2, 0.25) is 0 Å². The molecule has 0 saturated carbocycles. The molecule has 2 aliphatic heterocycles. The third-order valence-electron chi connectivity index (χ3n) is 7.01. The molecule has 0 bridgehead atoms. The maximum absolute atomic E-state index is 15.3. The maximum Gasteiger partial charge on any atom is 0.510 e. The quantitative estimate of drug-likeness (QED) is 0.267. The zero-order valence-electron chi connectivity index (χ0n) is 21.1. The second-order valence-electron chi connectivity index (χ2n) is 9.12. The monoisotopic (exact) mass is 568 g/mol. The Balaban J connectivity index is 1.69. The molecule has 0 saturated heterocycles. The van der Waals surface area contributed by atoms with E-state index in [0.717, 1.165) is 23.6 Å². The van der Waals surface area contributed by atoms with Gasteiger partial charge in [-0.1, -0.05) is 24.3 Å². The summed E-state index contributed by atoms with van der Waals surface area (Å²) in [7, 11) is 1.12. The molecule has 2 aromatic carbocycles. The molecular formula is C28H22F2N2O7S. The molecule has 6 rings (SSSR count). The zero-order valence-corrected chi connectivity index (χ0v) is 22.0. The molecule has 9 nitrogen and oxygen atoms in total. The van der Waals surface area contributed by atoms with E-state index in [-0.39, 0.29) is 29.2 Å². The van der Waals surface area contributed by atoms with Crippen LogP contribution in [0.25, 0.3) is 5.52 Å². The second-order valence-corrected chi connectivity index (χ2v) is 10.1. The number of halogens is 2. The van der Waals surface area contributed by atoms with Crippen molar-refractivity contribution in [3.05, 3.63) is 109 Å². The lowest BCUT2D eigenvalue weighted by Gasteiger charge is -2.32. The fraction of sp³-hybridized carbons (Fsp3) is 0.250. The van der Waals surface area contributed by atoms with Crippen LogP contribution in [0.4, 0.5) is 13.6 Å². The highest BCUT2D eigenvalue weighted by Crippen LogP contribution is 2.43. The lowest BCUT2D eigenvalue weighted by Crippen LogP contribution is -2.35. The van der Waals surface area contributed by atoms with Gasteiger partial charge in [0.15, 0.2) is 17.2 Å². The summed E-state index contributed by atoms with van der Waals surface area (Å²) in [5, 5.41) is 0. The molecular weight excluding hydrogens is 546 g/mol. The minimum absolute atomic E-state index is 0.0143. The van der Waals surface area contributed by atoms with E-state index in [1.54, 1.807) is 6.07 Å². The first-order valence-electron chi connectivity index (χ1n) is 12.3. The van der Waals surface area contributed by atoms with Crippen LogP contribution in [-0.4, -0.2) is 35.9 Å². The summed E-state index contributed by atoms with van der Waals surface area (Å²) in [6, 6.07) is 10.7. The molecule has 0 amide bonds. The largest absolute Gasteiger partial charge is 0.510 e. The van der Waals surface area contributed by atoms with Gasteiger partial charge in [-0.3, -0.25) is 18.8 Å². The van der Waals surface area contributed by atoms with E-state index >= 15 is 4.39 Å². The van der Waals surface area contributed by atoms with Crippen LogP contribution < -0.4 is 15.6 Å². The summed E-state index contributed by atoms with van der Waals surface area (Å²) in [5.41, 5.74) is 1.28. The van der Waals surface area contributed by atoms with Gasteiger partial charge in [-0.15, -0.1) is 11.8 Å². The van der Waals surface area contributed by atoms with Crippen molar-refractivity contribution in [3.8, 4) is 5.75 Å². The van der Waals surface area contributed by atoms with Crippen LogP contribution in [0, 0.1) is 11.6 Å². The number of benzene rings is 2. The molecule has 1 atom stereocenters. The Kier molecular flexibility index (Phi) is 6.80. The lowest BCUT2D eigenvalue weighted by molar-refractivity contribution is 0.0149. The number of hydrogen-bond acceptors (Lipinski definition) is 8. The molecule has 2 aromatic heterocycles. The van der Waals surface area contributed by atoms with Gasteiger partial charge in [0.05, 0.1) is 20.3 Å². The van der Waals surface area contributed by atoms with Crippen LogP contribution in [-0.2, 0) is 33.0 Å². The third-order valence-corrected chi connectivity index (χ3v) is 8.13. The predicted octanol–water partition coefficient (Wildman–Crippen LogP) is 4.17. The van der Waals surface area contributed by atoms with Crippen LogP contribution in [0.1, 0.15) is 34.0 Å². The van der Waals surface area contributed by atoms with Crippen molar-refractivity contribution in [1.29, 1.82) is 0 Å². The molecule has 0 aliphatic carbocycles. The van der Waals surface area contributed by atoms with Crippen molar-refractivity contribution in [2.45, 2.75) is 29.7 Å². The highest BCUT2D eigenvalue weighted by Gasteiger charge is 2.33. The zero-order chi connectivity index (χ0) is 28.0. The number of methoxy groups -OCH3 is 1. The van der Waals surface area contributed by atoms with Gasteiger partial charge >= 0.3 is 6.16 Å². The highest BCUT2D eigenvalue weighted by atomic mass is 32.2. The average Bonchev–Trinajstić information content (AvgIpc) is 3.13. The minimum atomic E-state index is -1.03. The first kappa shape index (κ1) is 26.1. The first-order valence-corrected chi connectivity index (χ1v) is 13.3. The van der Waals surface area contributed by atoms with E-state index in [1.165, 1.54) is 28.5 Å². The van der Waals surface area contributed by atoms with Gasteiger partial charge < -0.3 is 18.9 Å². The van der Waals surface area contributed by atoms with Gasteiger partial charge in [-0.2, -0.15) is 0 Å². The maximum atomic E-state index is 15.3. The van der Waals surface area contributed by atoms with Crippen LogP contribution in [0.5, 0.6) is 5.75 Å². The number of ether oxygens (including phenoxy) is 4. The Hall–Kier alpha value is -4.16. The number of fused-ring (bicyclic) bond motifs is 4. The van der Waals surface area contributed by atoms with Gasteiger partial charge in [-0.25, -0.2) is 13.6 Å². The van der Waals surface area contributed by atoms with Gasteiger partial charge in [0.2, 0.25) is 23.4 Å². The summed E-state index contributed by atoms with van der Waals surface area (Å²) >= 11 is 1.39. The Labute approximate surface area is 229 Å². The fourth-order valence-corrected chi connectivity index (χ4v) is 6.35. The van der Waals surface area contributed by atoms with Crippen molar-refractivity contribution in [3.63, 3.8) is 0 Å². The summed E-state index contributed by atoms with van der Waals surface area (Å²) in [4.78, 5) is 39.0. The molecule has 40 heavy (non-hydrogen) atoms. The predicted molar refractivity (Wildman–Crippen MR) is 140 cm³/mol. The summed E-state index contributed by atoms with van der Waals surface area (Å²) in [5.74, 6) is -2.01. The van der Waals surface area contributed by atoms with E-state index < -0.39 is 41.5 Å². The smallest absolute Gasteiger partial charge is 0.451 e. The first-order chi connectivity index (χ1) is 19.4. The molecule has 206 valence electrons. The lowest BCUT2D eigenvalue weighted by atomic mass is 9.93. The SMILES string of the molecule is COC(=O)OCOc1c(=O)ccn2c1c(=O)c1c(n2[C@@H]2c3ccccc3SCc3c2ccc(F)c3F)CCOC1. The number of aromatic nitrogens is 2. The topological polar surface area (TPSA) is 97.5 Å². The fourth-order valence-electron chi connectivity index (χ4n) is 5.24. The van der Waals surface area contributed by atoms with E-state index in [1.807, 2.05) is 28.9 Å². The van der Waals surface area contributed by atoms with Crippen molar-refractivity contribution in [2.75, 3.05) is 20.5 Å². The van der Waals surface area contributed by atoms with Crippen molar-refractivity contribution in [2.24, 2.45) is 0 Å².